The van der Waals surface area contributed by atoms with Crippen LogP contribution in [-0.4, -0.2) is 13.0 Å². The van der Waals surface area contributed by atoms with Gasteiger partial charge in [-0.25, -0.2) is 8.42 Å². The minimum atomic E-state index is -4.45. The quantitative estimate of drug-likeness (QED) is 0.156. The molecule has 224 valence electrons. The number of benzene rings is 4. The molecule has 0 fully saturated rings. The molecule has 0 bridgehead atoms. The fraction of sp³-hybridized carbons (Fsp3) is 0.351. The summed E-state index contributed by atoms with van der Waals surface area (Å²) in [7, 11) is -4.52. The van der Waals surface area contributed by atoms with E-state index in [9.17, 15) is 13.0 Å². The van der Waals surface area contributed by atoms with E-state index in [0.717, 1.165) is 5.56 Å². The summed E-state index contributed by atoms with van der Waals surface area (Å²) >= 11 is 0. The SMILES string of the molecule is CC(C)(C)c1ccccc1[S+](c1ccccc1)c1ccccc1.CC(C)c1cc(C(C)C)c(S(=O)(=O)[O-])c(C(C)C)c1. The van der Waals surface area contributed by atoms with Crippen LogP contribution >= 0.6 is 0 Å². The zero-order valence-corrected chi connectivity index (χ0v) is 28.1. The standard InChI is InChI=1S/C22H23S.C15H24O3S/c1-22(2,3)20-16-10-11-17-21(20)23(18-12-6-4-7-13-18)19-14-8-5-9-15-19;1-9(2)12-7-13(10(3)4)15(19(16,17)18)14(8-12)11(5)6/h4-17H,1-3H3;7-11H,1-6H3,(H,16,17,18)/q+1;/p-1. The van der Waals surface area contributed by atoms with E-state index in [1.165, 1.54) is 20.2 Å². The first-order valence-electron chi connectivity index (χ1n) is 14.7. The third kappa shape index (κ3) is 8.37. The molecule has 0 N–H and O–H groups in total. The van der Waals surface area contributed by atoms with E-state index in [-0.39, 0.29) is 33.0 Å². The first-order chi connectivity index (χ1) is 19.6. The van der Waals surface area contributed by atoms with Crippen LogP contribution in [0.25, 0.3) is 0 Å². The average Bonchev–Trinajstić information content (AvgIpc) is 2.93. The van der Waals surface area contributed by atoms with E-state index in [1.807, 2.05) is 39.8 Å². The van der Waals surface area contributed by atoms with Gasteiger partial charge in [-0.05, 0) is 70.2 Å². The van der Waals surface area contributed by atoms with Gasteiger partial charge in [0.15, 0.2) is 14.7 Å². The van der Waals surface area contributed by atoms with Crippen LogP contribution in [0, 0.1) is 0 Å². The molecule has 0 atom stereocenters. The number of rotatable bonds is 7. The second kappa shape index (κ2) is 14.1. The lowest BCUT2D eigenvalue weighted by molar-refractivity contribution is 0.459. The molecule has 0 aliphatic heterocycles. The molecule has 0 amide bonds. The van der Waals surface area contributed by atoms with Crippen molar-refractivity contribution >= 4 is 21.0 Å². The lowest BCUT2D eigenvalue weighted by Gasteiger charge is -2.24. The molecule has 3 nitrogen and oxygen atoms in total. The molecule has 4 rings (SSSR count). The van der Waals surface area contributed by atoms with Crippen molar-refractivity contribution in [1.82, 2.24) is 0 Å². The molecule has 0 aliphatic rings. The van der Waals surface area contributed by atoms with Crippen LogP contribution in [0.4, 0.5) is 0 Å². The number of hydrogen-bond acceptors (Lipinski definition) is 3. The lowest BCUT2D eigenvalue weighted by atomic mass is 9.87. The van der Waals surface area contributed by atoms with Gasteiger partial charge in [0.05, 0.1) is 15.8 Å². The zero-order valence-electron chi connectivity index (χ0n) is 26.5. The van der Waals surface area contributed by atoms with Crippen LogP contribution in [-0.2, 0) is 26.4 Å². The normalized spacial score (nSPS) is 12.1. The Hall–Kier alpha value is -2.86. The maximum absolute atomic E-state index is 11.6. The molecule has 0 spiro atoms. The first-order valence-corrected chi connectivity index (χ1v) is 17.3. The highest BCUT2D eigenvalue weighted by molar-refractivity contribution is 7.97. The maximum Gasteiger partial charge on any atom is 0.170 e. The van der Waals surface area contributed by atoms with Crippen LogP contribution in [0.2, 0.25) is 0 Å². The lowest BCUT2D eigenvalue weighted by Crippen LogP contribution is -2.17. The molecular weight excluding hydrogens is 557 g/mol. The van der Waals surface area contributed by atoms with Gasteiger partial charge in [-0.15, -0.1) is 0 Å². The molecule has 0 aromatic heterocycles. The predicted molar refractivity (Wildman–Crippen MR) is 177 cm³/mol. The Labute approximate surface area is 257 Å². The third-order valence-electron chi connectivity index (χ3n) is 7.20. The summed E-state index contributed by atoms with van der Waals surface area (Å²) in [5, 5.41) is 0. The highest BCUT2D eigenvalue weighted by atomic mass is 32.2. The predicted octanol–water partition coefficient (Wildman–Crippen LogP) is 10.0. The second-order valence-corrected chi connectivity index (χ2v) is 15.9. The topological polar surface area (TPSA) is 57.2 Å². The minimum absolute atomic E-state index is 0.00919. The molecule has 42 heavy (non-hydrogen) atoms. The Morgan fingerprint density at radius 1 is 0.619 bits per heavy atom. The van der Waals surface area contributed by atoms with Crippen molar-refractivity contribution in [3.63, 3.8) is 0 Å². The molecule has 4 aromatic carbocycles. The van der Waals surface area contributed by atoms with E-state index in [2.05, 4.69) is 120 Å². The molecule has 0 radical (unpaired) electrons. The van der Waals surface area contributed by atoms with E-state index in [4.69, 9.17) is 0 Å². The van der Waals surface area contributed by atoms with Gasteiger partial charge >= 0.3 is 0 Å². The fourth-order valence-electron chi connectivity index (χ4n) is 4.95. The number of hydrogen-bond donors (Lipinski definition) is 0. The largest absolute Gasteiger partial charge is 0.744 e. The van der Waals surface area contributed by atoms with E-state index in [0.29, 0.717) is 17.0 Å². The van der Waals surface area contributed by atoms with Gasteiger partial charge in [-0.2, -0.15) is 0 Å². The summed E-state index contributed by atoms with van der Waals surface area (Å²) in [5.74, 6) is 0.322. The van der Waals surface area contributed by atoms with Crippen LogP contribution in [0.5, 0.6) is 0 Å². The van der Waals surface area contributed by atoms with Crippen LogP contribution < -0.4 is 0 Å². The van der Waals surface area contributed by atoms with Crippen molar-refractivity contribution < 1.29 is 13.0 Å². The summed E-state index contributed by atoms with van der Waals surface area (Å²) in [4.78, 5) is 4.16. The van der Waals surface area contributed by atoms with Gasteiger partial charge < -0.3 is 4.55 Å². The van der Waals surface area contributed by atoms with Crippen molar-refractivity contribution in [2.75, 3.05) is 0 Å². The van der Waals surface area contributed by atoms with Crippen LogP contribution in [0.15, 0.2) is 117 Å². The molecule has 0 heterocycles. The third-order valence-corrected chi connectivity index (χ3v) is 10.5. The molecule has 0 aliphatic carbocycles. The Balaban J connectivity index is 0.000000236. The molecule has 0 unspecified atom stereocenters. The second-order valence-electron chi connectivity index (χ2n) is 12.6. The summed E-state index contributed by atoms with van der Waals surface area (Å²) in [6.07, 6.45) is 0. The summed E-state index contributed by atoms with van der Waals surface area (Å²) in [6, 6.07) is 34.3. The Morgan fingerprint density at radius 2 is 1.02 bits per heavy atom. The fourth-order valence-corrected chi connectivity index (χ4v) is 8.56. The summed E-state index contributed by atoms with van der Waals surface area (Å²) in [5.41, 5.74) is 3.93. The Kier molecular flexibility index (Phi) is 11.3. The van der Waals surface area contributed by atoms with Gasteiger partial charge in [0.2, 0.25) is 0 Å². The van der Waals surface area contributed by atoms with Gasteiger partial charge in [0.1, 0.15) is 10.1 Å². The summed E-state index contributed by atoms with van der Waals surface area (Å²) in [6.45, 7) is 18.7. The first kappa shape index (κ1) is 33.6. The van der Waals surface area contributed by atoms with Crippen molar-refractivity contribution in [2.24, 2.45) is 0 Å². The maximum atomic E-state index is 11.6. The van der Waals surface area contributed by atoms with E-state index >= 15 is 0 Å². The van der Waals surface area contributed by atoms with Crippen molar-refractivity contribution in [2.45, 2.75) is 105 Å². The highest BCUT2D eigenvalue weighted by Crippen LogP contribution is 2.38. The smallest absolute Gasteiger partial charge is 0.170 e. The zero-order chi connectivity index (χ0) is 31.2. The van der Waals surface area contributed by atoms with Crippen LogP contribution in [0.3, 0.4) is 0 Å². The van der Waals surface area contributed by atoms with Crippen LogP contribution in [0.1, 0.15) is 102 Å². The van der Waals surface area contributed by atoms with Crippen molar-refractivity contribution in [3.05, 3.63) is 119 Å². The minimum Gasteiger partial charge on any atom is -0.744 e. The molecule has 5 heteroatoms. The van der Waals surface area contributed by atoms with Gasteiger partial charge in [0, 0.05) is 5.56 Å². The van der Waals surface area contributed by atoms with Crippen molar-refractivity contribution in [3.8, 4) is 0 Å². The van der Waals surface area contributed by atoms with E-state index < -0.39 is 10.1 Å². The van der Waals surface area contributed by atoms with Gasteiger partial charge in [0.25, 0.3) is 0 Å². The Bertz CT molecular complexity index is 1480. The Morgan fingerprint density at radius 3 is 1.38 bits per heavy atom. The van der Waals surface area contributed by atoms with Crippen molar-refractivity contribution in [1.29, 1.82) is 0 Å². The van der Waals surface area contributed by atoms with E-state index in [1.54, 1.807) is 0 Å². The average molecular weight is 603 g/mol. The molecule has 0 saturated carbocycles. The highest BCUT2D eigenvalue weighted by Gasteiger charge is 2.33. The molecular formula is C37H46O3S2. The molecule has 4 aromatic rings. The van der Waals surface area contributed by atoms with Gasteiger partial charge in [-0.3, -0.25) is 0 Å². The van der Waals surface area contributed by atoms with Gasteiger partial charge in [-0.1, -0.05) is 129 Å². The summed E-state index contributed by atoms with van der Waals surface area (Å²) < 4.78 is 34.8. The monoisotopic (exact) mass is 602 g/mol. The molecule has 0 saturated heterocycles.